The molecule has 0 unspecified atom stereocenters. The number of anilines is 1. The number of fused-ring (bicyclic) bond motifs is 1. The zero-order chi connectivity index (χ0) is 31.7. The van der Waals surface area contributed by atoms with Crippen molar-refractivity contribution in [2.75, 3.05) is 44.3 Å². The van der Waals surface area contributed by atoms with Gasteiger partial charge in [-0.2, -0.15) is 0 Å². The molecule has 0 saturated carbocycles. The fraction of sp³-hybridized carbons (Fsp3) is 0.548. The van der Waals surface area contributed by atoms with Gasteiger partial charge in [-0.1, -0.05) is 19.1 Å². The summed E-state index contributed by atoms with van der Waals surface area (Å²) in [5.41, 5.74) is 1.66. The average Bonchev–Trinajstić information content (AvgIpc) is 2.94. The standard InChI is InChI=1S/C31H45N3O8S/c1-21-17-34(22(2)20-35)30(36)27-16-26(32-43(5,39)40)13-14-28(27)42-23(3)8-6-7-15-41-29(21)19-33(4)18-24-9-11-25(12-10-24)31(37)38/h9-14,16,21-23,29,32,35H,6-8,15,17-20H2,1-5H3,(H,37,38)/t21-,22-,23+,29+/m1/s1. The van der Waals surface area contributed by atoms with Gasteiger partial charge in [-0.15, -0.1) is 0 Å². The molecule has 12 heteroatoms. The number of likely N-dealkylation sites (N-methyl/N-ethyl adjacent to an activating group) is 1. The van der Waals surface area contributed by atoms with Crippen molar-refractivity contribution in [2.24, 2.45) is 5.92 Å². The lowest BCUT2D eigenvalue weighted by Crippen LogP contribution is -2.47. The number of amides is 1. The molecule has 0 aromatic heterocycles. The number of nitrogens with zero attached hydrogens (tertiary/aromatic N) is 2. The van der Waals surface area contributed by atoms with Crippen LogP contribution < -0.4 is 9.46 Å². The molecule has 1 aliphatic heterocycles. The number of carboxylic acids is 1. The molecule has 1 aliphatic rings. The van der Waals surface area contributed by atoms with Gasteiger partial charge in [0.1, 0.15) is 5.75 Å². The molecule has 0 spiro atoms. The number of aromatic carboxylic acids is 1. The molecule has 1 amide bonds. The molecule has 2 aromatic rings. The van der Waals surface area contributed by atoms with E-state index in [1.165, 1.54) is 6.07 Å². The van der Waals surface area contributed by atoms with Crippen LogP contribution in [0.1, 0.15) is 66.3 Å². The minimum atomic E-state index is -3.57. The van der Waals surface area contributed by atoms with Crippen molar-refractivity contribution in [2.45, 2.75) is 64.8 Å². The van der Waals surface area contributed by atoms with Crippen LogP contribution in [0.2, 0.25) is 0 Å². The van der Waals surface area contributed by atoms with Crippen molar-refractivity contribution in [1.82, 2.24) is 9.80 Å². The van der Waals surface area contributed by atoms with Gasteiger partial charge in [-0.25, -0.2) is 13.2 Å². The number of ether oxygens (including phenoxy) is 2. The number of aliphatic hydroxyl groups is 1. The van der Waals surface area contributed by atoms with Gasteiger partial charge in [0.05, 0.1) is 42.2 Å². The molecule has 0 aliphatic carbocycles. The van der Waals surface area contributed by atoms with Crippen LogP contribution in [-0.2, 0) is 21.3 Å². The number of aliphatic hydroxyl groups excluding tert-OH is 1. The Labute approximate surface area is 254 Å². The first-order valence-corrected chi connectivity index (χ1v) is 16.5. The quantitative estimate of drug-likeness (QED) is 0.383. The summed E-state index contributed by atoms with van der Waals surface area (Å²) in [6.07, 6.45) is 3.04. The molecule has 0 saturated heterocycles. The number of benzene rings is 2. The van der Waals surface area contributed by atoms with Gasteiger partial charge in [0.25, 0.3) is 5.91 Å². The highest BCUT2D eigenvalue weighted by Gasteiger charge is 2.30. The Morgan fingerprint density at radius 3 is 2.49 bits per heavy atom. The van der Waals surface area contributed by atoms with Crippen molar-refractivity contribution in [3.05, 3.63) is 59.2 Å². The number of hydrogen-bond donors (Lipinski definition) is 3. The fourth-order valence-corrected chi connectivity index (χ4v) is 5.65. The van der Waals surface area contributed by atoms with Crippen molar-refractivity contribution >= 4 is 27.6 Å². The van der Waals surface area contributed by atoms with Crippen LogP contribution in [0.15, 0.2) is 42.5 Å². The zero-order valence-electron chi connectivity index (χ0n) is 25.7. The second-order valence-corrected chi connectivity index (χ2v) is 13.3. The first-order valence-electron chi connectivity index (χ1n) is 14.6. The number of hydrogen-bond acceptors (Lipinski definition) is 8. The van der Waals surface area contributed by atoms with Gasteiger partial charge in [0, 0.05) is 37.8 Å². The van der Waals surface area contributed by atoms with Gasteiger partial charge in [0.15, 0.2) is 0 Å². The zero-order valence-corrected chi connectivity index (χ0v) is 26.5. The number of carbonyl (C=O) groups is 2. The lowest BCUT2D eigenvalue weighted by Gasteiger charge is -2.36. The van der Waals surface area contributed by atoms with Crippen LogP contribution in [-0.4, -0.2) is 98.2 Å². The molecule has 0 bridgehead atoms. The lowest BCUT2D eigenvalue weighted by atomic mass is 10.0. The van der Waals surface area contributed by atoms with E-state index in [1.807, 2.05) is 20.9 Å². The molecule has 3 rings (SSSR count). The predicted octanol–water partition coefficient (Wildman–Crippen LogP) is 3.68. The van der Waals surface area contributed by atoms with Gasteiger partial charge >= 0.3 is 5.97 Å². The predicted molar refractivity (Wildman–Crippen MR) is 165 cm³/mol. The van der Waals surface area contributed by atoms with E-state index < -0.39 is 22.0 Å². The number of sulfonamides is 1. The third-order valence-electron chi connectivity index (χ3n) is 7.50. The van der Waals surface area contributed by atoms with Crippen LogP contribution in [0.5, 0.6) is 5.75 Å². The maximum Gasteiger partial charge on any atom is 0.335 e. The van der Waals surface area contributed by atoms with E-state index in [0.717, 1.165) is 31.1 Å². The van der Waals surface area contributed by atoms with E-state index in [9.17, 15) is 28.2 Å². The topological polar surface area (TPSA) is 146 Å². The molecular weight excluding hydrogens is 574 g/mol. The highest BCUT2D eigenvalue weighted by molar-refractivity contribution is 7.92. The molecule has 1 heterocycles. The van der Waals surface area contributed by atoms with Crippen molar-refractivity contribution in [3.63, 3.8) is 0 Å². The average molecular weight is 620 g/mol. The molecule has 4 atom stereocenters. The third-order valence-corrected chi connectivity index (χ3v) is 8.11. The molecule has 2 aromatic carbocycles. The maximum absolute atomic E-state index is 14.1. The Morgan fingerprint density at radius 2 is 1.86 bits per heavy atom. The smallest absolute Gasteiger partial charge is 0.335 e. The number of rotatable bonds is 9. The normalized spacial score (nSPS) is 21.4. The van der Waals surface area contributed by atoms with E-state index in [1.54, 1.807) is 48.2 Å². The Kier molecular flexibility index (Phi) is 12.4. The van der Waals surface area contributed by atoms with Gasteiger partial charge in [-0.05, 0) is 76.1 Å². The Balaban J connectivity index is 1.89. The van der Waals surface area contributed by atoms with Crippen LogP contribution in [0.25, 0.3) is 0 Å². The summed E-state index contributed by atoms with van der Waals surface area (Å²) < 4.78 is 38.8. The number of nitrogens with one attached hydrogen (secondary N) is 1. The summed E-state index contributed by atoms with van der Waals surface area (Å²) in [6, 6.07) is 10.9. The first-order chi connectivity index (χ1) is 20.3. The number of carboxylic acid groups (broad SMARTS) is 1. The molecule has 0 radical (unpaired) electrons. The molecule has 43 heavy (non-hydrogen) atoms. The second-order valence-electron chi connectivity index (χ2n) is 11.6. The minimum absolute atomic E-state index is 0.127. The van der Waals surface area contributed by atoms with Gasteiger partial charge in [-0.3, -0.25) is 14.4 Å². The van der Waals surface area contributed by atoms with Gasteiger partial charge < -0.3 is 24.6 Å². The molecule has 11 nitrogen and oxygen atoms in total. The molecule has 0 fully saturated rings. The largest absolute Gasteiger partial charge is 0.490 e. The second kappa shape index (κ2) is 15.5. The van der Waals surface area contributed by atoms with Crippen LogP contribution in [0.4, 0.5) is 5.69 Å². The number of carbonyl (C=O) groups excluding carboxylic acids is 1. The Morgan fingerprint density at radius 1 is 1.16 bits per heavy atom. The van der Waals surface area contributed by atoms with E-state index in [2.05, 4.69) is 9.62 Å². The molecular formula is C31H45N3O8S. The van der Waals surface area contributed by atoms with E-state index in [-0.39, 0.29) is 54.0 Å². The Hall–Kier alpha value is -3.19. The van der Waals surface area contributed by atoms with Crippen LogP contribution >= 0.6 is 0 Å². The molecule has 238 valence electrons. The Bertz CT molecular complexity index is 1340. The summed E-state index contributed by atoms with van der Waals surface area (Å²) in [5, 5.41) is 19.3. The fourth-order valence-electron chi connectivity index (χ4n) is 5.10. The van der Waals surface area contributed by atoms with Gasteiger partial charge in [0.2, 0.25) is 10.0 Å². The summed E-state index contributed by atoms with van der Waals surface area (Å²) in [4.78, 5) is 29.0. The molecule has 3 N–H and O–H groups in total. The van der Waals surface area contributed by atoms with E-state index in [0.29, 0.717) is 25.4 Å². The third kappa shape index (κ3) is 10.5. The van der Waals surface area contributed by atoms with Crippen LogP contribution in [0, 0.1) is 5.92 Å². The summed E-state index contributed by atoms with van der Waals surface area (Å²) in [6.45, 7) is 7.42. The van der Waals surface area contributed by atoms with Crippen molar-refractivity contribution in [1.29, 1.82) is 0 Å². The van der Waals surface area contributed by atoms with E-state index >= 15 is 0 Å². The van der Waals surface area contributed by atoms with Crippen molar-refractivity contribution in [3.8, 4) is 5.75 Å². The monoisotopic (exact) mass is 619 g/mol. The maximum atomic E-state index is 14.1. The van der Waals surface area contributed by atoms with Crippen LogP contribution in [0.3, 0.4) is 0 Å². The van der Waals surface area contributed by atoms with Crippen molar-refractivity contribution < 1.29 is 37.7 Å². The SMILES string of the molecule is C[C@@H]1CN([C@H](C)CO)C(=O)c2cc(NS(C)(=O)=O)ccc2O[C@@H](C)CCCCO[C@H]1CN(C)Cc1ccc(C(=O)O)cc1. The highest BCUT2D eigenvalue weighted by Crippen LogP contribution is 2.29. The lowest BCUT2D eigenvalue weighted by molar-refractivity contribution is -0.0177. The summed E-state index contributed by atoms with van der Waals surface area (Å²) >= 11 is 0. The highest BCUT2D eigenvalue weighted by atomic mass is 32.2. The minimum Gasteiger partial charge on any atom is -0.490 e. The summed E-state index contributed by atoms with van der Waals surface area (Å²) in [5.74, 6) is -1.11. The summed E-state index contributed by atoms with van der Waals surface area (Å²) in [7, 11) is -1.61. The first kappa shape index (κ1) is 34.3. The van der Waals surface area contributed by atoms with E-state index in [4.69, 9.17) is 9.47 Å².